The summed E-state index contributed by atoms with van der Waals surface area (Å²) in [6, 6.07) is 14.3. The SMILES string of the molecule is Oc1ccc(S)cc1.c1ccc2ocnc2c1. The van der Waals surface area contributed by atoms with Crippen LogP contribution < -0.4 is 0 Å². The van der Waals surface area contributed by atoms with Gasteiger partial charge in [0.05, 0.1) is 0 Å². The molecule has 0 aliphatic heterocycles. The molecule has 0 aliphatic carbocycles. The number of para-hydroxylation sites is 2. The lowest BCUT2D eigenvalue weighted by Gasteiger charge is -1.88. The smallest absolute Gasteiger partial charge is 0.181 e. The van der Waals surface area contributed by atoms with Crippen LogP contribution in [0.15, 0.2) is 64.2 Å². The van der Waals surface area contributed by atoms with Gasteiger partial charge in [-0.15, -0.1) is 12.6 Å². The Morgan fingerprint density at radius 1 is 1.00 bits per heavy atom. The number of aromatic nitrogens is 1. The maximum atomic E-state index is 8.72. The molecule has 4 heteroatoms. The number of fused-ring (bicyclic) bond motifs is 1. The highest BCUT2D eigenvalue weighted by Gasteiger charge is 1.91. The van der Waals surface area contributed by atoms with Gasteiger partial charge in [0.1, 0.15) is 11.3 Å². The Bertz CT molecular complexity index is 538. The van der Waals surface area contributed by atoms with Crippen molar-refractivity contribution >= 4 is 23.7 Å². The number of phenolic OH excluding ortho intramolecular Hbond substituents is 1. The summed E-state index contributed by atoms with van der Waals surface area (Å²) < 4.78 is 5.01. The van der Waals surface area contributed by atoms with Crippen molar-refractivity contribution in [3.63, 3.8) is 0 Å². The normalized spacial score (nSPS) is 9.71. The molecule has 0 radical (unpaired) electrons. The molecule has 1 N–H and O–H groups in total. The number of hydrogen-bond acceptors (Lipinski definition) is 4. The zero-order valence-corrected chi connectivity index (χ0v) is 9.84. The topological polar surface area (TPSA) is 46.3 Å². The predicted octanol–water partition coefficient (Wildman–Crippen LogP) is 3.51. The molecule has 0 saturated heterocycles. The molecule has 17 heavy (non-hydrogen) atoms. The van der Waals surface area contributed by atoms with Crippen LogP contribution in [-0.2, 0) is 0 Å². The zero-order chi connectivity index (χ0) is 12.1. The van der Waals surface area contributed by atoms with E-state index in [-0.39, 0.29) is 5.75 Å². The van der Waals surface area contributed by atoms with Gasteiger partial charge >= 0.3 is 0 Å². The quantitative estimate of drug-likeness (QED) is 0.596. The van der Waals surface area contributed by atoms with Crippen molar-refractivity contribution in [2.45, 2.75) is 4.90 Å². The number of oxazole rings is 1. The Morgan fingerprint density at radius 3 is 2.35 bits per heavy atom. The molecule has 3 rings (SSSR count). The Labute approximate surface area is 104 Å². The standard InChI is InChI=1S/C7H5NO.C6H6OS/c1-2-4-7-6(3-1)8-5-9-7;7-5-1-3-6(8)4-2-5/h1-5H;1-4,7-8H. The maximum absolute atomic E-state index is 8.72. The van der Waals surface area contributed by atoms with Gasteiger partial charge in [0.15, 0.2) is 12.0 Å². The van der Waals surface area contributed by atoms with Crippen LogP contribution in [0, 0.1) is 0 Å². The predicted molar refractivity (Wildman–Crippen MR) is 69.4 cm³/mol. The molecule has 0 aliphatic rings. The molecular weight excluding hydrogens is 234 g/mol. The van der Waals surface area contributed by atoms with E-state index >= 15 is 0 Å². The fraction of sp³-hybridized carbons (Fsp3) is 0. The van der Waals surface area contributed by atoms with Crippen molar-refractivity contribution in [3.05, 3.63) is 54.9 Å². The third kappa shape index (κ3) is 3.26. The summed E-state index contributed by atoms with van der Waals surface area (Å²) in [7, 11) is 0. The second kappa shape index (κ2) is 5.41. The van der Waals surface area contributed by atoms with E-state index in [2.05, 4.69) is 17.6 Å². The highest BCUT2D eigenvalue weighted by Crippen LogP contribution is 2.11. The number of benzene rings is 2. The van der Waals surface area contributed by atoms with Crippen molar-refractivity contribution in [3.8, 4) is 5.75 Å². The van der Waals surface area contributed by atoms with Crippen molar-refractivity contribution < 1.29 is 9.52 Å². The Balaban J connectivity index is 0.000000128. The van der Waals surface area contributed by atoms with Crippen LogP contribution in [0.3, 0.4) is 0 Å². The average Bonchev–Trinajstić information content (AvgIpc) is 2.82. The molecule has 0 amide bonds. The van der Waals surface area contributed by atoms with Gasteiger partial charge in [0.25, 0.3) is 0 Å². The summed E-state index contributed by atoms with van der Waals surface area (Å²) in [4.78, 5) is 4.82. The molecule has 0 saturated carbocycles. The molecule has 86 valence electrons. The first-order chi connectivity index (χ1) is 8.25. The van der Waals surface area contributed by atoms with Gasteiger partial charge in [-0.25, -0.2) is 4.98 Å². The van der Waals surface area contributed by atoms with Crippen LogP contribution in [-0.4, -0.2) is 10.1 Å². The number of aromatic hydroxyl groups is 1. The van der Waals surface area contributed by atoms with Gasteiger partial charge in [0, 0.05) is 4.90 Å². The second-order valence-corrected chi connectivity index (χ2v) is 3.85. The Morgan fingerprint density at radius 2 is 1.71 bits per heavy atom. The largest absolute Gasteiger partial charge is 0.508 e. The van der Waals surface area contributed by atoms with Gasteiger partial charge in [0.2, 0.25) is 0 Å². The van der Waals surface area contributed by atoms with Gasteiger partial charge in [-0.3, -0.25) is 0 Å². The minimum atomic E-state index is 0.280. The Hall–Kier alpha value is -1.94. The van der Waals surface area contributed by atoms with Crippen LogP contribution in [0.5, 0.6) is 5.75 Å². The summed E-state index contributed by atoms with van der Waals surface area (Å²) >= 11 is 4.02. The summed E-state index contributed by atoms with van der Waals surface area (Å²) in [6.07, 6.45) is 1.45. The van der Waals surface area contributed by atoms with E-state index in [1.807, 2.05) is 24.3 Å². The molecule has 3 aromatic rings. The van der Waals surface area contributed by atoms with Crippen LogP contribution in [0.1, 0.15) is 0 Å². The third-order valence-corrected chi connectivity index (χ3v) is 2.38. The minimum Gasteiger partial charge on any atom is -0.508 e. The number of phenols is 1. The number of nitrogens with zero attached hydrogens (tertiary/aromatic N) is 1. The van der Waals surface area contributed by atoms with Gasteiger partial charge in [-0.1, -0.05) is 12.1 Å². The van der Waals surface area contributed by atoms with E-state index in [0.29, 0.717) is 0 Å². The van der Waals surface area contributed by atoms with Crippen molar-refractivity contribution in [2.75, 3.05) is 0 Å². The molecule has 0 atom stereocenters. The first-order valence-electron chi connectivity index (χ1n) is 5.02. The summed E-state index contributed by atoms with van der Waals surface area (Å²) in [5.74, 6) is 0.280. The average molecular weight is 245 g/mol. The highest BCUT2D eigenvalue weighted by atomic mass is 32.1. The summed E-state index contributed by atoms with van der Waals surface area (Å²) in [5.41, 5.74) is 1.76. The first kappa shape index (κ1) is 11.5. The van der Waals surface area contributed by atoms with Crippen LogP contribution in [0.25, 0.3) is 11.1 Å². The molecule has 0 fully saturated rings. The van der Waals surface area contributed by atoms with Crippen molar-refractivity contribution in [1.29, 1.82) is 0 Å². The lowest BCUT2D eigenvalue weighted by atomic mass is 10.3. The molecule has 0 unspecified atom stereocenters. The maximum Gasteiger partial charge on any atom is 0.181 e. The van der Waals surface area contributed by atoms with E-state index in [9.17, 15) is 0 Å². The van der Waals surface area contributed by atoms with Crippen LogP contribution >= 0.6 is 12.6 Å². The first-order valence-corrected chi connectivity index (χ1v) is 5.46. The fourth-order valence-corrected chi connectivity index (χ4v) is 1.41. The van der Waals surface area contributed by atoms with E-state index in [1.165, 1.54) is 6.39 Å². The highest BCUT2D eigenvalue weighted by molar-refractivity contribution is 7.80. The molecule has 0 bridgehead atoms. The van der Waals surface area contributed by atoms with Gasteiger partial charge in [-0.2, -0.15) is 0 Å². The van der Waals surface area contributed by atoms with Crippen LogP contribution in [0.4, 0.5) is 0 Å². The number of hydrogen-bond donors (Lipinski definition) is 2. The molecule has 3 nitrogen and oxygen atoms in total. The second-order valence-electron chi connectivity index (χ2n) is 3.34. The van der Waals surface area contributed by atoms with Crippen LogP contribution in [0.2, 0.25) is 0 Å². The fourth-order valence-electron chi connectivity index (χ4n) is 1.26. The lowest BCUT2D eigenvalue weighted by Crippen LogP contribution is -1.62. The lowest BCUT2D eigenvalue weighted by molar-refractivity contribution is 0.475. The summed E-state index contributed by atoms with van der Waals surface area (Å²) in [5, 5.41) is 8.72. The number of rotatable bonds is 0. The van der Waals surface area contributed by atoms with Gasteiger partial charge in [-0.05, 0) is 36.4 Å². The van der Waals surface area contributed by atoms with Gasteiger partial charge < -0.3 is 9.52 Å². The Kier molecular flexibility index (Phi) is 3.67. The molecule has 1 heterocycles. The van der Waals surface area contributed by atoms with Crippen molar-refractivity contribution in [1.82, 2.24) is 4.98 Å². The zero-order valence-electron chi connectivity index (χ0n) is 8.95. The molecular formula is C13H11NO2S. The summed E-state index contributed by atoms with van der Waals surface area (Å²) in [6.45, 7) is 0. The number of thiol groups is 1. The van der Waals surface area contributed by atoms with E-state index in [4.69, 9.17) is 9.52 Å². The third-order valence-electron chi connectivity index (χ3n) is 2.09. The molecule has 1 aromatic heterocycles. The van der Waals surface area contributed by atoms with E-state index < -0.39 is 0 Å². The van der Waals surface area contributed by atoms with E-state index in [0.717, 1.165) is 16.0 Å². The minimum absolute atomic E-state index is 0.280. The molecule has 0 spiro atoms. The van der Waals surface area contributed by atoms with E-state index in [1.54, 1.807) is 24.3 Å². The van der Waals surface area contributed by atoms with Crippen molar-refractivity contribution in [2.24, 2.45) is 0 Å². The molecule has 2 aromatic carbocycles. The monoisotopic (exact) mass is 245 g/mol.